The molecule has 2 rings (SSSR count). The SMILES string of the molecule is O=C(NCc1cccs1)Nc1ccc(F)c(C(=O)O)c1. The molecule has 5 nitrogen and oxygen atoms in total. The number of rotatable bonds is 4. The van der Waals surface area contributed by atoms with Crippen LogP contribution < -0.4 is 10.6 Å². The zero-order chi connectivity index (χ0) is 14.5. The Balaban J connectivity index is 1.97. The molecule has 7 heteroatoms. The maximum absolute atomic E-state index is 13.2. The molecule has 1 heterocycles. The van der Waals surface area contributed by atoms with Crippen molar-refractivity contribution in [3.05, 3.63) is 52.0 Å². The number of benzene rings is 1. The monoisotopic (exact) mass is 294 g/mol. The highest BCUT2D eigenvalue weighted by atomic mass is 32.1. The van der Waals surface area contributed by atoms with Crippen molar-refractivity contribution in [1.29, 1.82) is 0 Å². The molecular formula is C13H11FN2O3S. The van der Waals surface area contributed by atoms with E-state index in [4.69, 9.17) is 5.11 Å². The largest absolute Gasteiger partial charge is 0.478 e. The summed E-state index contributed by atoms with van der Waals surface area (Å²) in [6.45, 7) is 0.372. The lowest BCUT2D eigenvalue weighted by atomic mass is 10.2. The Morgan fingerprint density at radius 1 is 1.30 bits per heavy atom. The van der Waals surface area contributed by atoms with Crippen molar-refractivity contribution in [2.75, 3.05) is 5.32 Å². The summed E-state index contributed by atoms with van der Waals surface area (Å²) in [5.41, 5.74) is -0.270. The predicted octanol–water partition coefficient (Wildman–Crippen LogP) is 2.91. The molecule has 1 aromatic carbocycles. The highest BCUT2D eigenvalue weighted by molar-refractivity contribution is 7.09. The number of amides is 2. The lowest BCUT2D eigenvalue weighted by Crippen LogP contribution is -2.27. The van der Waals surface area contributed by atoms with Crippen LogP contribution in [0.15, 0.2) is 35.7 Å². The number of anilines is 1. The minimum Gasteiger partial charge on any atom is -0.478 e. The quantitative estimate of drug-likeness (QED) is 0.811. The number of carbonyl (C=O) groups excluding carboxylic acids is 1. The zero-order valence-corrected chi connectivity index (χ0v) is 11.0. The van der Waals surface area contributed by atoms with Crippen molar-refractivity contribution in [3.8, 4) is 0 Å². The third-order valence-corrected chi connectivity index (χ3v) is 3.33. The van der Waals surface area contributed by atoms with Crippen molar-refractivity contribution in [1.82, 2.24) is 5.32 Å². The van der Waals surface area contributed by atoms with Gasteiger partial charge in [-0.05, 0) is 29.6 Å². The van der Waals surface area contributed by atoms with Crippen molar-refractivity contribution in [2.45, 2.75) is 6.54 Å². The molecule has 0 unspecified atom stereocenters. The molecule has 0 aliphatic rings. The first-order chi connectivity index (χ1) is 9.56. The molecule has 0 radical (unpaired) electrons. The van der Waals surface area contributed by atoms with Gasteiger partial charge in [0, 0.05) is 10.6 Å². The average molecular weight is 294 g/mol. The van der Waals surface area contributed by atoms with E-state index in [-0.39, 0.29) is 5.69 Å². The van der Waals surface area contributed by atoms with Crippen molar-refractivity contribution >= 4 is 29.0 Å². The summed E-state index contributed by atoms with van der Waals surface area (Å²) in [4.78, 5) is 23.4. The molecule has 2 aromatic rings. The Kier molecular flexibility index (Phi) is 4.31. The molecule has 3 N–H and O–H groups in total. The number of carboxylic acids is 1. The van der Waals surface area contributed by atoms with E-state index in [2.05, 4.69) is 10.6 Å². The minimum atomic E-state index is -1.38. The van der Waals surface area contributed by atoms with Crippen LogP contribution in [0.5, 0.6) is 0 Å². The fourth-order valence-corrected chi connectivity index (χ4v) is 2.17. The van der Waals surface area contributed by atoms with Gasteiger partial charge in [-0.15, -0.1) is 11.3 Å². The normalized spacial score (nSPS) is 10.1. The Hall–Kier alpha value is -2.41. The molecule has 20 heavy (non-hydrogen) atoms. The lowest BCUT2D eigenvalue weighted by Gasteiger charge is -2.07. The van der Waals surface area contributed by atoms with Crippen LogP contribution in [0.2, 0.25) is 0 Å². The number of hydrogen-bond acceptors (Lipinski definition) is 3. The second-order valence-electron chi connectivity index (χ2n) is 3.89. The summed E-state index contributed by atoms with van der Waals surface area (Å²) >= 11 is 1.51. The third-order valence-electron chi connectivity index (χ3n) is 2.46. The molecule has 0 aliphatic heterocycles. The summed E-state index contributed by atoms with van der Waals surface area (Å²) in [6, 6.07) is 6.64. The van der Waals surface area contributed by atoms with E-state index in [1.165, 1.54) is 17.4 Å². The van der Waals surface area contributed by atoms with Gasteiger partial charge >= 0.3 is 12.0 Å². The Morgan fingerprint density at radius 2 is 2.10 bits per heavy atom. The van der Waals surface area contributed by atoms with Crippen LogP contribution in [0.4, 0.5) is 14.9 Å². The third kappa shape index (κ3) is 3.55. The van der Waals surface area contributed by atoms with E-state index in [1.807, 2.05) is 17.5 Å². The molecule has 1 aromatic heterocycles. The number of carboxylic acid groups (broad SMARTS) is 1. The first kappa shape index (κ1) is 14.0. The number of carbonyl (C=O) groups is 2. The van der Waals surface area contributed by atoms with Crippen LogP contribution in [0.25, 0.3) is 0 Å². The number of hydrogen-bond donors (Lipinski definition) is 3. The number of halogens is 1. The first-order valence-corrected chi connectivity index (χ1v) is 6.54. The van der Waals surface area contributed by atoms with Crippen molar-refractivity contribution in [2.24, 2.45) is 0 Å². The highest BCUT2D eigenvalue weighted by Crippen LogP contribution is 2.15. The number of urea groups is 1. The molecule has 0 saturated carbocycles. The lowest BCUT2D eigenvalue weighted by molar-refractivity contribution is 0.0692. The first-order valence-electron chi connectivity index (χ1n) is 5.66. The van der Waals surface area contributed by atoms with Gasteiger partial charge in [-0.1, -0.05) is 6.07 Å². The smallest absolute Gasteiger partial charge is 0.338 e. The summed E-state index contributed by atoms with van der Waals surface area (Å²) in [5, 5.41) is 15.7. The molecule has 0 saturated heterocycles. The molecule has 0 bridgehead atoms. The number of thiophene rings is 1. The van der Waals surface area contributed by atoms with E-state index in [0.717, 1.165) is 17.0 Å². The van der Waals surface area contributed by atoms with Gasteiger partial charge in [0.2, 0.25) is 0 Å². The molecule has 2 amide bonds. The highest BCUT2D eigenvalue weighted by Gasteiger charge is 2.11. The standard InChI is InChI=1S/C13H11FN2O3S/c14-11-4-3-8(6-10(11)12(17)18)16-13(19)15-7-9-2-1-5-20-9/h1-6H,7H2,(H,17,18)(H2,15,16,19). The van der Waals surface area contributed by atoms with Gasteiger partial charge in [0.15, 0.2) is 0 Å². The van der Waals surface area contributed by atoms with Crippen LogP contribution in [0.3, 0.4) is 0 Å². The minimum absolute atomic E-state index is 0.215. The van der Waals surface area contributed by atoms with Gasteiger partial charge in [0.1, 0.15) is 5.82 Å². The molecule has 104 valence electrons. The topological polar surface area (TPSA) is 78.4 Å². The fraction of sp³-hybridized carbons (Fsp3) is 0.0769. The molecule has 0 atom stereocenters. The molecule has 0 fully saturated rings. The van der Waals surface area contributed by atoms with Crippen molar-refractivity contribution in [3.63, 3.8) is 0 Å². The van der Waals surface area contributed by atoms with Gasteiger partial charge in [-0.25, -0.2) is 14.0 Å². The number of nitrogens with one attached hydrogen (secondary N) is 2. The molecule has 0 aliphatic carbocycles. The van der Waals surface area contributed by atoms with Crippen LogP contribution >= 0.6 is 11.3 Å². The number of aromatic carboxylic acids is 1. The maximum Gasteiger partial charge on any atom is 0.338 e. The summed E-state index contributed by atoms with van der Waals surface area (Å²) < 4.78 is 13.2. The van der Waals surface area contributed by atoms with Crippen LogP contribution in [-0.4, -0.2) is 17.1 Å². The second kappa shape index (κ2) is 6.16. The Bertz CT molecular complexity index is 629. The van der Waals surface area contributed by atoms with E-state index in [1.54, 1.807) is 0 Å². The van der Waals surface area contributed by atoms with Gasteiger partial charge in [-0.2, -0.15) is 0 Å². The van der Waals surface area contributed by atoms with Crippen LogP contribution in [0, 0.1) is 5.82 Å². The van der Waals surface area contributed by atoms with E-state index in [9.17, 15) is 14.0 Å². The molecular weight excluding hydrogens is 283 g/mol. The summed E-state index contributed by atoms with van der Waals surface area (Å²) in [6.07, 6.45) is 0. The zero-order valence-electron chi connectivity index (χ0n) is 10.2. The second-order valence-corrected chi connectivity index (χ2v) is 4.92. The van der Waals surface area contributed by atoms with Crippen LogP contribution in [-0.2, 0) is 6.54 Å². The van der Waals surface area contributed by atoms with E-state index < -0.39 is 23.4 Å². The van der Waals surface area contributed by atoms with Gasteiger partial charge in [-0.3, -0.25) is 0 Å². The maximum atomic E-state index is 13.2. The predicted molar refractivity (Wildman–Crippen MR) is 73.5 cm³/mol. The summed E-state index contributed by atoms with van der Waals surface area (Å²) in [7, 11) is 0. The van der Waals surface area contributed by atoms with E-state index in [0.29, 0.717) is 6.54 Å². The average Bonchev–Trinajstić information content (AvgIpc) is 2.91. The molecule has 0 spiro atoms. The van der Waals surface area contributed by atoms with Gasteiger partial charge in [0.25, 0.3) is 0 Å². The van der Waals surface area contributed by atoms with Gasteiger partial charge in [0.05, 0.1) is 12.1 Å². The summed E-state index contributed by atoms with van der Waals surface area (Å²) in [5.74, 6) is -2.23. The van der Waals surface area contributed by atoms with Crippen molar-refractivity contribution < 1.29 is 19.1 Å². The van der Waals surface area contributed by atoms with E-state index >= 15 is 0 Å². The fourth-order valence-electron chi connectivity index (χ4n) is 1.52. The Labute approximate surface area is 118 Å². The van der Waals surface area contributed by atoms with Gasteiger partial charge < -0.3 is 15.7 Å². The Morgan fingerprint density at radius 3 is 2.75 bits per heavy atom. The van der Waals surface area contributed by atoms with Crippen LogP contribution in [0.1, 0.15) is 15.2 Å².